The lowest BCUT2D eigenvalue weighted by atomic mass is 10.0. The molecular weight excluding hydrogens is 380 g/mol. The topological polar surface area (TPSA) is 83.8 Å². The summed E-state index contributed by atoms with van der Waals surface area (Å²) in [5, 5.41) is 4.20. The van der Waals surface area contributed by atoms with E-state index in [4.69, 9.17) is 5.73 Å². The highest BCUT2D eigenvalue weighted by atomic mass is 32.1. The van der Waals surface area contributed by atoms with Gasteiger partial charge in [0.1, 0.15) is 5.65 Å². The van der Waals surface area contributed by atoms with Crippen molar-refractivity contribution < 1.29 is 4.79 Å². The Morgan fingerprint density at radius 2 is 2.07 bits per heavy atom. The number of nitrogens with one attached hydrogen (secondary N) is 2. The largest absolute Gasteiger partial charge is 0.346 e. The van der Waals surface area contributed by atoms with Crippen molar-refractivity contribution in [3.63, 3.8) is 0 Å². The number of amides is 1. The van der Waals surface area contributed by atoms with Crippen LogP contribution < -0.4 is 11.1 Å². The van der Waals surface area contributed by atoms with Gasteiger partial charge in [-0.2, -0.15) is 0 Å². The van der Waals surface area contributed by atoms with Gasteiger partial charge in [-0.05, 0) is 48.1 Å². The summed E-state index contributed by atoms with van der Waals surface area (Å²) >= 11 is 1.56. The third kappa shape index (κ3) is 3.45. The molecule has 146 valence electrons. The zero-order chi connectivity index (χ0) is 19.8. The average Bonchev–Trinajstić information content (AvgIpc) is 3.32. The van der Waals surface area contributed by atoms with E-state index >= 15 is 0 Å². The van der Waals surface area contributed by atoms with Crippen molar-refractivity contribution in [3.8, 4) is 10.4 Å². The predicted molar refractivity (Wildman–Crippen MR) is 117 cm³/mol. The van der Waals surface area contributed by atoms with Crippen LogP contribution in [0.15, 0.2) is 60.9 Å². The molecule has 1 amide bonds. The highest BCUT2D eigenvalue weighted by Crippen LogP contribution is 2.48. The SMILES string of the molecule is NCC(NC(=O)c1cc(C2CC2)c(-c2ccnc3[nH]ccc23)s1)c1ccccc1. The Hall–Kier alpha value is -2.96. The molecule has 1 aromatic carbocycles. The third-order valence-corrected chi connectivity index (χ3v) is 6.63. The Morgan fingerprint density at radius 1 is 1.24 bits per heavy atom. The molecule has 3 aromatic heterocycles. The van der Waals surface area contributed by atoms with E-state index in [0.717, 1.165) is 27.0 Å². The summed E-state index contributed by atoms with van der Waals surface area (Å²) in [6, 6.07) is 15.8. The zero-order valence-electron chi connectivity index (χ0n) is 15.9. The number of aromatic nitrogens is 2. The number of benzene rings is 1. The van der Waals surface area contributed by atoms with Gasteiger partial charge in [-0.1, -0.05) is 30.3 Å². The Labute approximate surface area is 173 Å². The van der Waals surface area contributed by atoms with Crippen LogP contribution in [-0.2, 0) is 0 Å². The summed E-state index contributed by atoms with van der Waals surface area (Å²) in [6.45, 7) is 0.359. The molecule has 1 atom stereocenters. The van der Waals surface area contributed by atoms with Crippen molar-refractivity contribution in [1.82, 2.24) is 15.3 Å². The van der Waals surface area contributed by atoms with Gasteiger partial charge in [-0.25, -0.2) is 4.98 Å². The maximum atomic E-state index is 13.1. The van der Waals surface area contributed by atoms with Gasteiger partial charge in [-0.15, -0.1) is 11.3 Å². The number of pyridine rings is 1. The lowest BCUT2D eigenvalue weighted by Gasteiger charge is -2.16. The first-order valence-corrected chi connectivity index (χ1v) is 10.7. The van der Waals surface area contributed by atoms with Gasteiger partial charge >= 0.3 is 0 Å². The van der Waals surface area contributed by atoms with E-state index in [1.807, 2.05) is 54.9 Å². The molecule has 0 radical (unpaired) electrons. The van der Waals surface area contributed by atoms with Gasteiger partial charge in [0, 0.05) is 34.8 Å². The van der Waals surface area contributed by atoms with Crippen molar-refractivity contribution >= 4 is 28.3 Å². The van der Waals surface area contributed by atoms with E-state index in [1.165, 1.54) is 23.3 Å². The Morgan fingerprint density at radius 3 is 2.83 bits per heavy atom. The Bertz CT molecular complexity index is 1160. The molecule has 1 unspecified atom stereocenters. The minimum atomic E-state index is -0.198. The fraction of sp³-hybridized carbons (Fsp3) is 0.217. The number of fused-ring (bicyclic) bond motifs is 1. The average molecular weight is 403 g/mol. The van der Waals surface area contributed by atoms with Crippen LogP contribution in [0.3, 0.4) is 0 Å². The molecule has 5 nitrogen and oxygen atoms in total. The Balaban J connectivity index is 1.49. The number of aromatic amines is 1. The number of thiophene rings is 1. The molecule has 4 N–H and O–H groups in total. The number of nitrogens with two attached hydrogens (primary N) is 1. The fourth-order valence-corrected chi connectivity index (χ4v) is 4.97. The van der Waals surface area contributed by atoms with Gasteiger partial charge in [-0.3, -0.25) is 4.79 Å². The first-order valence-electron chi connectivity index (χ1n) is 9.86. The van der Waals surface area contributed by atoms with Crippen molar-refractivity contribution in [2.45, 2.75) is 24.8 Å². The first kappa shape index (κ1) is 18.1. The summed E-state index contributed by atoms with van der Waals surface area (Å²) in [7, 11) is 0. The molecule has 1 fully saturated rings. The molecule has 1 aliphatic carbocycles. The van der Waals surface area contributed by atoms with Crippen LogP contribution in [0.25, 0.3) is 21.5 Å². The minimum Gasteiger partial charge on any atom is -0.346 e. The normalized spacial score (nSPS) is 14.8. The van der Waals surface area contributed by atoms with Crippen molar-refractivity contribution in [3.05, 3.63) is 76.9 Å². The van der Waals surface area contributed by atoms with E-state index in [0.29, 0.717) is 12.5 Å². The summed E-state index contributed by atoms with van der Waals surface area (Å²) in [5.41, 5.74) is 10.2. The highest BCUT2D eigenvalue weighted by molar-refractivity contribution is 7.17. The van der Waals surface area contributed by atoms with Crippen LogP contribution in [0.1, 0.15) is 45.6 Å². The first-order chi connectivity index (χ1) is 14.2. The number of hydrogen-bond acceptors (Lipinski definition) is 4. The van der Waals surface area contributed by atoms with Gasteiger partial charge in [0.15, 0.2) is 0 Å². The van der Waals surface area contributed by atoms with Gasteiger partial charge in [0.2, 0.25) is 0 Å². The summed E-state index contributed by atoms with van der Waals surface area (Å²) < 4.78 is 0. The van der Waals surface area contributed by atoms with Crippen LogP contribution >= 0.6 is 11.3 Å². The number of nitrogens with zero attached hydrogens (tertiary/aromatic N) is 1. The minimum absolute atomic E-state index is 0.0678. The standard InChI is InChI=1S/C23H22N4OS/c24-13-19(15-4-2-1-3-5-15)27-23(28)20-12-18(14-6-7-14)21(29-20)16-8-10-25-22-17(16)9-11-26-22/h1-5,8-12,14,19H,6-7,13,24H2,(H,25,26)(H,27,28). The predicted octanol–water partition coefficient (Wildman–Crippen LogP) is 4.60. The van der Waals surface area contributed by atoms with Gasteiger partial charge < -0.3 is 16.0 Å². The summed E-state index contributed by atoms with van der Waals surface area (Å²) in [6.07, 6.45) is 6.10. The molecule has 0 saturated heterocycles. The lowest BCUT2D eigenvalue weighted by Crippen LogP contribution is -2.32. The van der Waals surface area contributed by atoms with E-state index < -0.39 is 0 Å². The quantitative estimate of drug-likeness (QED) is 0.441. The van der Waals surface area contributed by atoms with Crippen LogP contribution in [-0.4, -0.2) is 22.4 Å². The molecule has 4 aromatic rings. The molecular formula is C23H22N4OS. The van der Waals surface area contributed by atoms with E-state index in [-0.39, 0.29) is 11.9 Å². The second-order valence-electron chi connectivity index (χ2n) is 7.44. The Kier molecular flexibility index (Phi) is 4.66. The molecule has 0 bridgehead atoms. The fourth-order valence-electron chi connectivity index (χ4n) is 3.78. The number of carbonyl (C=O) groups excluding carboxylic acids is 1. The number of hydrogen-bond donors (Lipinski definition) is 3. The molecule has 1 saturated carbocycles. The van der Waals surface area contributed by atoms with Crippen molar-refractivity contribution in [2.24, 2.45) is 5.73 Å². The van der Waals surface area contributed by atoms with Gasteiger partial charge in [0.05, 0.1) is 10.9 Å². The molecule has 0 spiro atoms. The molecule has 0 aliphatic heterocycles. The number of H-pyrrole nitrogens is 1. The van der Waals surface area contributed by atoms with E-state index in [1.54, 1.807) is 11.3 Å². The molecule has 29 heavy (non-hydrogen) atoms. The van der Waals surface area contributed by atoms with Gasteiger partial charge in [0.25, 0.3) is 5.91 Å². The van der Waals surface area contributed by atoms with Crippen LogP contribution in [0.4, 0.5) is 0 Å². The highest BCUT2D eigenvalue weighted by Gasteiger charge is 2.30. The maximum Gasteiger partial charge on any atom is 0.261 e. The second kappa shape index (κ2) is 7.46. The smallest absolute Gasteiger partial charge is 0.261 e. The molecule has 1 aliphatic rings. The zero-order valence-corrected chi connectivity index (χ0v) is 16.7. The molecule has 3 heterocycles. The summed E-state index contributed by atoms with van der Waals surface area (Å²) in [4.78, 5) is 22.5. The van der Waals surface area contributed by atoms with Crippen LogP contribution in [0, 0.1) is 0 Å². The molecule has 6 heteroatoms. The van der Waals surface area contributed by atoms with E-state index in [2.05, 4.69) is 21.4 Å². The molecule has 5 rings (SSSR count). The number of rotatable bonds is 6. The second-order valence-corrected chi connectivity index (χ2v) is 8.49. The maximum absolute atomic E-state index is 13.1. The van der Waals surface area contributed by atoms with Crippen LogP contribution in [0.5, 0.6) is 0 Å². The summed E-state index contributed by atoms with van der Waals surface area (Å²) in [5.74, 6) is 0.478. The number of carbonyl (C=O) groups is 1. The van der Waals surface area contributed by atoms with Crippen LogP contribution in [0.2, 0.25) is 0 Å². The van der Waals surface area contributed by atoms with E-state index in [9.17, 15) is 4.79 Å². The van der Waals surface area contributed by atoms with Crippen molar-refractivity contribution in [2.75, 3.05) is 6.54 Å². The third-order valence-electron chi connectivity index (χ3n) is 5.45. The van der Waals surface area contributed by atoms with Crippen molar-refractivity contribution in [1.29, 1.82) is 0 Å². The lowest BCUT2D eigenvalue weighted by molar-refractivity contribution is 0.0942. The monoisotopic (exact) mass is 402 g/mol.